The van der Waals surface area contributed by atoms with Crippen LogP contribution in [0.5, 0.6) is 5.75 Å². The smallest absolute Gasteiger partial charge is 0.328 e. The number of rotatable bonds is 10. The van der Waals surface area contributed by atoms with Gasteiger partial charge in [-0.05, 0) is 103 Å². The van der Waals surface area contributed by atoms with Crippen molar-refractivity contribution in [1.82, 2.24) is 15.4 Å². The number of carboxylic acid groups (broad SMARTS) is 2. The summed E-state index contributed by atoms with van der Waals surface area (Å²) < 4.78 is 11.7. The highest BCUT2D eigenvalue weighted by atomic mass is 32.1. The van der Waals surface area contributed by atoms with Crippen LogP contribution >= 0.6 is 11.3 Å². The summed E-state index contributed by atoms with van der Waals surface area (Å²) in [6.07, 6.45) is 8.28. The molecule has 0 spiro atoms. The van der Waals surface area contributed by atoms with E-state index in [1.165, 1.54) is 30.6 Å². The molecule has 2 aromatic heterocycles. The van der Waals surface area contributed by atoms with Crippen molar-refractivity contribution in [3.63, 3.8) is 0 Å². The molecule has 2 fully saturated rings. The van der Waals surface area contributed by atoms with E-state index >= 15 is 0 Å². The Morgan fingerprint density at radius 2 is 1.83 bits per heavy atom. The fraction of sp³-hybridized carbons (Fsp3) is 0.484. The van der Waals surface area contributed by atoms with E-state index < -0.39 is 11.9 Å². The van der Waals surface area contributed by atoms with Crippen molar-refractivity contribution in [2.24, 2.45) is 11.8 Å². The second-order valence-corrected chi connectivity index (χ2v) is 11.6. The summed E-state index contributed by atoms with van der Waals surface area (Å²) in [6.45, 7) is 6.12. The number of hydrogen-bond acceptors (Lipinski definition) is 9. The highest BCUT2D eigenvalue weighted by Gasteiger charge is 2.24. The number of nitriles is 1. The van der Waals surface area contributed by atoms with Gasteiger partial charge in [-0.25, -0.2) is 9.59 Å². The van der Waals surface area contributed by atoms with Crippen LogP contribution in [0.4, 0.5) is 0 Å². The van der Waals surface area contributed by atoms with Gasteiger partial charge in [0.25, 0.3) is 0 Å². The highest BCUT2D eigenvalue weighted by molar-refractivity contribution is 7.10. The van der Waals surface area contributed by atoms with Crippen molar-refractivity contribution in [1.29, 1.82) is 5.26 Å². The van der Waals surface area contributed by atoms with Gasteiger partial charge in [0.15, 0.2) is 5.58 Å². The largest absolute Gasteiger partial charge is 0.493 e. The fourth-order valence-electron chi connectivity index (χ4n) is 4.66. The van der Waals surface area contributed by atoms with Crippen LogP contribution in [0.25, 0.3) is 11.0 Å². The molecule has 5 rings (SSSR count). The van der Waals surface area contributed by atoms with Crippen LogP contribution < -0.4 is 10.1 Å². The van der Waals surface area contributed by atoms with Crippen molar-refractivity contribution in [2.45, 2.75) is 52.0 Å². The van der Waals surface area contributed by atoms with E-state index in [1.54, 1.807) is 11.3 Å². The lowest BCUT2D eigenvalue weighted by Gasteiger charge is -2.31. The summed E-state index contributed by atoms with van der Waals surface area (Å²) in [5, 5.41) is 34.9. The lowest BCUT2D eigenvalue weighted by molar-refractivity contribution is -0.134. The summed E-state index contributed by atoms with van der Waals surface area (Å²) in [6, 6.07) is 8.46. The number of aromatic nitrogens is 1. The first-order chi connectivity index (χ1) is 20.2. The molecule has 226 valence electrons. The number of piperidine rings is 1. The van der Waals surface area contributed by atoms with E-state index in [-0.39, 0.29) is 0 Å². The number of nitrogens with one attached hydrogen (secondary N) is 1. The Morgan fingerprint density at radius 1 is 1.17 bits per heavy atom. The number of thiophene rings is 1. The van der Waals surface area contributed by atoms with E-state index in [1.807, 2.05) is 25.5 Å². The van der Waals surface area contributed by atoms with Gasteiger partial charge in [-0.2, -0.15) is 5.26 Å². The minimum Gasteiger partial charge on any atom is -0.493 e. The number of carboxylic acids is 2. The zero-order chi connectivity index (χ0) is 30.5. The van der Waals surface area contributed by atoms with Crippen LogP contribution in [0.3, 0.4) is 0 Å². The second-order valence-electron chi connectivity index (χ2n) is 10.6. The summed E-state index contributed by atoms with van der Waals surface area (Å²) in [4.78, 5) is 22.9. The molecule has 1 aliphatic heterocycles. The van der Waals surface area contributed by atoms with Gasteiger partial charge in [-0.3, -0.25) is 4.90 Å². The van der Waals surface area contributed by atoms with Crippen LogP contribution in [-0.2, 0) is 22.6 Å². The molecular weight excluding hydrogens is 556 g/mol. The number of benzene rings is 1. The molecule has 0 atom stereocenters. The molecule has 0 amide bonds. The fourth-order valence-corrected chi connectivity index (χ4v) is 5.51. The van der Waals surface area contributed by atoms with Crippen molar-refractivity contribution < 1.29 is 29.1 Å². The molecule has 0 unspecified atom stereocenters. The first kappa shape index (κ1) is 32.8. The topological polar surface area (TPSA) is 149 Å². The van der Waals surface area contributed by atoms with Gasteiger partial charge < -0.3 is 24.8 Å². The predicted molar refractivity (Wildman–Crippen MR) is 162 cm³/mol. The third-order valence-corrected chi connectivity index (χ3v) is 8.03. The standard InChI is InChI=1S/C25H29N3O2S.C4H4O4.C2H7N/c1-17-24(29-15-19-2-3-19)7-5-22-23(27-30-25(17)22)6-4-18-8-10-28(11-9-18)14-21-12-20(13-26)16-31-21;5-3(6)1-2-4(7)8;1-3-2/h5,7,12,16,18-19H,2-4,6,8-11,14-15H2,1H3;1-2H,(H,5,6)(H,7,8);3H,1-2H3. The highest BCUT2D eigenvalue weighted by Crippen LogP contribution is 2.34. The Kier molecular flexibility index (Phi) is 13.0. The SMILES string of the molecule is CNC.Cc1c(OCC2CC2)ccc2c(CCC3CCN(Cc4cc(C#N)cs4)CC3)noc12.O=C(O)C=CC(=O)O. The van der Waals surface area contributed by atoms with Crippen LogP contribution in [0.1, 0.15) is 53.8 Å². The number of nitrogens with zero attached hydrogens (tertiary/aromatic N) is 3. The molecule has 0 radical (unpaired) electrons. The molecule has 3 heterocycles. The molecule has 3 aromatic rings. The molecule has 11 heteroatoms. The van der Waals surface area contributed by atoms with Crippen LogP contribution in [0, 0.1) is 30.1 Å². The summed E-state index contributed by atoms with van der Waals surface area (Å²) >= 11 is 1.70. The zero-order valence-corrected chi connectivity index (χ0v) is 25.3. The van der Waals surface area contributed by atoms with Gasteiger partial charge in [0.05, 0.1) is 17.9 Å². The van der Waals surface area contributed by atoms with E-state index in [9.17, 15) is 9.59 Å². The molecule has 1 aromatic carbocycles. The van der Waals surface area contributed by atoms with Gasteiger partial charge in [-0.1, -0.05) is 5.16 Å². The van der Waals surface area contributed by atoms with Crippen molar-refractivity contribution >= 4 is 34.2 Å². The Morgan fingerprint density at radius 3 is 2.40 bits per heavy atom. The average molecular weight is 597 g/mol. The third kappa shape index (κ3) is 10.6. The van der Waals surface area contributed by atoms with Crippen LogP contribution in [0.15, 0.2) is 40.3 Å². The van der Waals surface area contributed by atoms with Crippen molar-refractivity contribution in [3.05, 3.63) is 57.4 Å². The number of ether oxygens (including phenoxy) is 1. The van der Waals surface area contributed by atoms with E-state index in [4.69, 9.17) is 24.7 Å². The monoisotopic (exact) mass is 596 g/mol. The first-order valence-electron chi connectivity index (χ1n) is 14.2. The normalized spacial score (nSPS) is 15.4. The molecule has 3 N–H and O–H groups in total. The Hall–Kier alpha value is -3.72. The van der Waals surface area contributed by atoms with Gasteiger partial charge >= 0.3 is 11.9 Å². The molecule has 10 nitrogen and oxygen atoms in total. The van der Waals surface area contributed by atoms with E-state index in [0.717, 1.165) is 84.5 Å². The van der Waals surface area contributed by atoms with Gasteiger partial charge in [0.1, 0.15) is 11.8 Å². The van der Waals surface area contributed by atoms with Crippen molar-refractivity contribution in [2.75, 3.05) is 33.8 Å². The summed E-state index contributed by atoms with van der Waals surface area (Å²) in [5.41, 5.74) is 3.81. The lowest BCUT2D eigenvalue weighted by Crippen LogP contribution is -2.33. The molecule has 1 aliphatic carbocycles. The molecule has 1 saturated heterocycles. The second kappa shape index (κ2) is 16.7. The molecule has 1 saturated carbocycles. The number of carbonyl (C=O) groups is 2. The number of aryl methyl sites for hydroxylation is 2. The Bertz CT molecular complexity index is 1360. The number of fused-ring (bicyclic) bond motifs is 1. The predicted octanol–water partition coefficient (Wildman–Crippen LogP) is 5.25. The first-order valence-corrected chi connectivity index (χ1v) is 15.0. The van der Waals surface area contributed by atoms with Crippen molar-refractivity contribution in [3.8, 4) is 11.8 Å². The Labute approximate surface area is 250 Å². The number of aliphatic carboxylic acids is 2. The number of hydrogen-bond donors (Lipinski definition) is 3. The van der Waals surface area contributed by atoms with E-state index in [2.05, 4.69) is 40.5 Å². The summed E-state index contributed by atoms with van der Waals surface area (Å²) in [7, 11) is 3.75. The minimum absolute atomic E-state index is 0.558. The Balaban J connectivity index is 0.000000378. The molecular formula is C31H40N4O6S. The van der Waals surface area contributed by atoms with Gasteiger partial charge in [0.2, 0.25) is 0 Å². The molecule has 0 bridgehead atoms. The van der Waals surface area contributed by atoms with Crippen LogP contribution in [0.2, 0.25) is 0 Å². The summed E-state index contributed by atoms with van der Waals surface area (Å²) in [5.74, 6) is -0.0997. The third-order valence-electron chi connectivity index (χ3n) is 7.11. The minimum atomic E-state index is -1.26. The zero-order valence-electron chi connectivity index (χ0n) is 24.5. The molecule has 2 aliphatic rings. The maximum Gasteiger partial charge on any atom is 0.328 e. The number of likely N-dealkylation sites (tertiary alicyclic amines) is 1. The lowest BCUT2D eigenvalue weighted by atomic mass is 9.91. The van der Waals surface area contributed by atoms with Gasteiger partial charge in [-0.15, -0.1) is 11.3 Å². The van der Waals surface area contributed by atoms with E-state index in [0.29, 0.717) is 12.2 Å². The maximum atomic E-state index is 9.55. The molecule has 42 heavy (non-hydrogen) atoms. The average Bonchev–Trinajstić information content (AvgIpc) is 3.53. The quantitative estimate of drug-likeness (QED) is 0.265. The maximum absolute atomic E-state index is 9.55. The van der Waals surface area contributed by atoms with Crippen LogP contribution in [-0.4, -0.2) is 66.0 Å². The van der Waals surface area contributed by atoms with Gasteiger partial charge in [0, 0.05) is 39.9 Å².